The highest BCUT2D eigenvalue weighted by Gasteiger charge is 2.48. The van der Waals surface area contributed by atoms with Crippen molar-refractivity contribution in [2.45, 2.75) is 52.3 Å². The van der Waals surface area contributed by atoms with Crippen molar-refractivity contribution in [2.75, 3.05) is 19.8 Å². The van der Waals surface area contributed by atoms with Gasteiger partial charge in [-0.3, -0.25) is 14.4 Å². The van der Waals surface area contributed by atoms with Crippen LogP contribution in [0.15, 0.2) is 5.11 Å². The van der Waals surface area contributed by atoms with Crippen LogP contribution in [0.3, 0.4) is 0 Å². The second-order valence-corrected chi connectivity index (χ2v) is 5.68. The fourth-order valence-electron chi connectivity index (χ4n) is 2.55. The molecular weight excluding hydrogens is 350 g/mol. The van der Waals surface area contributed by atoms with Crippen LogP contribution in [0.1, 0.15) is 27.7 Å². The average Bonchev–Trinajstić information content (AvgIpc) is 2.54. The lowest BCUT2D eigenvalue weighted by Gasteiger charge is -2.43. The third-order valence-corrected chi connectivity index (χ3v) is 3.57. The van der Waals surface area contributed by atoms with Crippen LogP contribution in [0.2, 0.25) is 0 Å². The van der Waals surface area contributed by atoms with Crippen LogP contribution >= 0.6 is 0 Å². The number of carbonyl (C=O) groups excluding carboxylic acids is 3. The van der Waals surface area contributed by atoms with Gasteiger partial charge in [-0.1, -0.05) is 12.0 Å². The number of hydrogen-bond donors (Lipinski definition) is 0. The zero-order valence-corrected chi connectivity index (χ0v) is 15.1. The van der Waals surface area contributed by atoms with Gasteiger partial charge in [0.15, 0.2) is 12.4 Å². The molecular formula is C15H23N3O8. The molecule has 0 N–H and O–H groups in total. The molecule has 0 spiro atoms. The first-order valence-electron chi connectivity index (χ1n) is 8.02. The SMILES string of the molecule is CC(=O)OCC1O[C@@H](OCCN=[N+]=[N-])C(OC(C)=O)[C@@H](C)[C@H]1OC(C)=O. The summed E-state index contributed by atoms with van der Waals surface area (Å²) in [7, 11) is 0. The Hall–Kier alpha value is -2.36. The monoisotopic (exact) mass is 373 g/mol. The topological polar surface area (TPSA) is 146 Å². The van der Waals surface area contributed by atoms with Gasteiger partial charge in [0.1, 0.15) is 18.8 Å². The van der Waals surface area contributed by atoms with Gasteiger partial charge in [0, 0.05) is 38.1 Å². The smallest absolute Gasteiger partial charge is 0.303 e. The first kappa shape index (κ1) is 21.7. The Balaban J connectivity index is 2.97. The third-order valence-electron chi connectivity index (χ3n) is 3.57. The zero-order chi connectivity index (χ0) is 19.7. The molecule has 0 aromatic heterocycles. The number of hydrogen-bond acceptors (Lipinski definition) is 9. The lowest BCUT2D eigenvalue weighted by molar-refractivity contribution is -0.293. The van der Waals surface area contributed by atoms with Gasteiger partial charge < -0.3 is 23.7 Å². The Morgan fingerprint density at radius 3 is 2.23 bits per heavy atom. The summed E-state index contributed by atoms with van der Waals surface area (Å²) < 4.78 is 26.8. The lowest BCUT2D eigenvalue weighted by atomic mass is 9.90. The molecule has 5 atom stereocenters. The molecule has 1 fully saturated rings. The van der Waals surface area contributed by atoms with Crippen LogP contribution in [0.25, 0.3) is 10.4 Å². The fraction of sp³-hybridized carbons (Fsp3) is 0.800. The molecule has 0 aromatic rings. The molecule has 2 unspecified atom stereocenters. The molecule has 0 aliphatic carbocycles. The molecule has 0 amide bonds. The van der Waals surface area contributed by atoms with Crippen molar-refractivity contribution < 1.29 is 38.1 Å². The van der Waals surface area contributed by atoms with E-state index in [4.69, 9.17) is 29.2 Å². The Bertz CT molecular complexity index is 561. The van der Waals surface area contributed by atoms with Crippen molar-refractivity contribution in [2.24, 2.45) is 11.0 Å². The van der Waals surface area contributed by atoms with Crippen LogP contribution in [-0.2, 0) is 38.1 Å². The number of esters is 3. The molecule has 1 heterocycles. The van der Waals surface area contributed by atoms with E-state index in [-0.39, 0.29) is 19.8 Å². The number of rotatable bonds is 8. The first-order valence-corrected chi connectivity index (χ1v) is 8.02. The second kappa shape index (κ2) is 10.6. The summed E-state index contributed by atoms with van der Waals surface area (Å²) >= 11 is 0. The van der Waals surface area contributed by atoms with Gasteiger partial charge in [-0.05, 0) is 5.53 Å². The molecule has 11 heteroatoms. The summed E-state index contributed by atoms with van der Waals surface area (Å²) in [4.78, 5) is 36.6. The Morgan fingerprint density at radius 1 is 1.08 bits per heavy atom. The van der Waals surface area contributed by atoms with Crippen LogP contribution in [0, 0.1) is 5.92 Å². The first-order chi connectivity index (χ1) is 12.3. The van der Waals surface area contributed by atoms with Crippen molar-refractivity contribution >= 4 is 17.9 Å². The van der Waals surface area contributed by atoms with E-state index in [2.05, 4.69) is 10.0 Å². The van der Waals surface area contributed by atoms with Crippen molar-refractivity contribution in [3.8, 4) is 0 Å². The van der Waals surface area contributed by atoms with Crippen LogP contribution in [0.5, 0.6) is 0 Å². The van der Waals surface area contributed by atoms with E-state index < -0.39 is 48.4 Å². The van der Waals surface area contributed by atoms with E-state index in [9.17, 15) is 14.4 Å². The van der Waals surface area contributed by atoms with E-state index in [0.717, 1.165) is 0 Å². The van der Waals surface area contributed by atoms with Crippen molar-refractivity contribution in [1.82, 2.24) is 0 Å². The van der Waals surface area contributed by atoms with Crippen LogP contribution in [-0.4, -0.2) is 62.3 Å². The standard InChI is InChI=1S/C15H23N3O8/c1-8-13(24-10(3)20)12(7-23-9(2)19)26-15(14(8)25-11(4)21)22-6-5-17-18-16/h8,12-15H,5-7H2,1-4H3/t8-,12?,13+,14?,15+/m0/s1. The second-order valence-electron chi connectivity index (χ2n) is 5.68. The van der Waals surface area contributed by atoms with Gasteiger partial charge in [-0.2, -0.15) is 0 Å². The quantitative estimate of drug-likeness (QED) is 0.153. The number of nitrogens with zero attached hydrogens (tertiary/aromatic N) is 3. The average molecular weight is 373 g/mol. The van der Waals surface area contributed by atoms with E-state index in [1.165, 1.54) is 20.8 Å². The molecule has 0 radical (unpaired) electrons. The molecule has 1 aliphatic heterocycles. The maximum atomic E-state index is 11.4. The minimum Gasteiger partial charge on any atom is -0.463 e. The molecule has 146 valence electrons. The van der Waals surface area contributed by atoms with Crippen molar-refractivity contribution in [1.29, 1.82) is 0 Å². The predicted molar refractivity (Wildman–Crippen MR) is 85.5 cm³/mol. The summed E-state index contributed by atoms with van der Waals surface area (Å²) in [5.74, 6) is -2.14. The maximum Gasteiger partial charge on any atom is 0.303 e. The number of carbonyl (C=O) groups is 3. The van der Waals surface area contributed by atoms with Crippen LogP contribution in [0.4, 0.5) is 0 Å². The predicted octanol–water partition coefficient (Wildman–Crippen LogP) is 1.10. The highest BCUT2D eigenvalue weighted by molar-refractivity contribution is 5.67. The molecule has 0 bridgehead atoms. The van der Waals surface area contributed by atoms with Gasteiger partial charge in [0.2, 0.25) is 0 Å². The molecule has 11 nitrogen and oxygen atoms in total. The van der Waals surface area contributed by atoms with Gasteiger partial charge in [-0.25, -0.2) is 0 Å². The maximum absolute atomic E-state index is 11.4. The molecule has 26 heavy (non-hydrogen) atoms. The summed E-state index contributed by atoms with van der Waals surface area (Å²) in [5.41, 5.74) is 8.30. The largest absolute Gasteiger partial charge is 0.463 e. The molecule has 1 rings (SSSR count). The summed E-state index contributed by atoms with van der Waals surface area (Å²) in [6, 6.07) is 0. The molecule has 0 saturated carbocycles. The van der Waals surface area contributed by atoms with E-state index in [0.29, 0.717) is 0 Å². The van der Waals surface area contributed by atoms with Gasteiger partial charge in [0.25, 0.3) is 0 Å². The zero-order valence-electron chi connectivity index (χ0n) is 15.1. The minimum absolute atomic E-state index is 0.0255. The summed E-state index contributed by atoms with van der Waals surface area (Å²) in [5, 5.41) is 3.35. The Morgan fingerprint density at radius 2 is 1.69 bits per heavy atom. The van der Waals surface area contributed by atoms with Gasteiger partial charge in [-0.15, -0.1) is 0 Å². The fourth-order valence-corrected chi connectivity index (χ4v) is 2.55. The van der Waals surface area contributed by atoms with Crippen molar-refractivity contribution in [3.63, 3.8) is 0 Å². The highest BCUT2D eigenvalue weighted by Crippen LogP contribution is 2.31. The highest BCUT2D eigenvalue weighted by atomic mass is 16.7. The normalized spacial score (nSPS) is 27.8. The van der Waals surface area contributed by atoms with Crippen molar-refractivity contribution in [3.05, 3.63) is 10.4 Å². The molecule has 1 aliphatic rings. The van der Waals surface area contributed by atoms with E-state index in [1.54, 1.807) is 6.92 Å². The minimum atomic E-state index is -1.00. The van der Waals surface area contributed by atoms with E-state index >= 15 is 0 Å². The summed E-state index contributed by atoms with van der Waals surface area (Å²) in [6.45, 7) is 5.32. The lowest BCUT2D eigenvalue weighted by Crippen LogP contribution is -2.58. The van der Waals surface area contributed by atoms with E-state index in [1.807, 2.05) is 0 Å². The van der Waals surface area contributed by atoms with Gasteiger partial charge >= 0.3 is 17.9 Å². The Kier molecular flexibility index (Phi) is 8.83. The Labute approximate surface area is 150 Å². The van der Waals surface area contributed by atoms with Crippen LogP contribution < -0.4 is 0 Å². The molecule has 0 aromatic carbocycles. The van der Waals surface area contributed by atoms with Gasteiger partial charge in [0.05, 0.1) is 6.61 Å². The number of azide groups is 1. The summed E-state index contributed by atoms with van der Waals surface area (Å²) in [6.07, 6.45) is -3.49. The third kappa shape index (κ3) is 6.87. The molecule has 1 saturated heterocycles. The number of ether oxygens (including phenoxy) is 5.